The van der Waals surface area contributed by atoms with Crippen LogP contribution in [0.1, 0.15) is 25.7 Å². The van der Waals surface area contributed by atoms with Crippen LogP contribution in [0.4, 0.5) is 4.39 Å². The Morgan fingerprint density at radius 2 is 1.94 bits per heavy atom. The summed E-state index contributed by atoms with van der Waals surface area (Å²) >= 11 is 0. The molecule has 1 aromatic carbocycles. The zero-order valence-electron chi connectivity index (χ0n) is 8.90. The number of hydrogen-bond acceptors (Lipinski definition) is 3. The van der Waals surface area contributed by atoms with Gasteiger partial charge in [-0.25, -0.2) is 4.39 Å². The summed E-state index contributed by atoms with van der Waals surface area (Å²) in [7, 11) is -1.70. The van der Waals surface area contributed by atoms with E-state index in [4.69, 9.17) is 14.8 Å². The molecule has 5 heteroatoms. The van der Waals surface area contributed by atoms with Gasteiger partial charge in [0.2, 0.25) is 0 Å². The van der Waals surface area contributed by atoms with Crippen LogP contribution in [0, 0.1) is 5.82 Å². The van der Waals surface area contributed by atoms with Crippen LogP contribution in [0.2, 0.25) is 0 Å². The van der Waals surface area contributed by atoms with E-state index >= 15 is 0 Å². The zero-order valence-corrected chi connectivity index (χ0v) is 8.90. The molecule has 0 atom stereocenters. The van der Waals surface area contributed by atoms with Gasteiger partial charge in [0.05, 0.1) is 6.10 Å². The lowest BCUT2D eigenvalue weighted by Gasteiger charge is -2.16. The summed E-state index contributed by atoms with van der Waals surface area (Å²) in [6.45, 7) is 0. The van der Waals surface area contributed by atoms with Crippen LogP contribution < -0.4 is 10.2 Å². The Morgan fingerprint density at radius 3 is 2.56 bits per heavy atom. The SMILES string of the molecule is OB(O)c1cc(F)ccc1OC1CCCC1. The molecule has 0 radical (unpaired) electrons. The lowest BCUT2D eigenvalue weighted by atomic mass is 9.79. The van der Waals surface area contributed by atoms with Gasteiger partial charge in [0.15, 0.2) is 0 Å². The topological polar surface area (TPSA) is 49.7 Å². The number of halogens is 1. The number of benzene rings is 1. The molecule has 0 saturated heterocycles. The molecule has 1 fully saturated rings. The van der Waals surface area contributed by atoms with Crippen molar-refractivity contribution >= 4 is 12.6 Å². The van der Waals surface area contributed by atoms with E-state index in [1.807, 2.05) is 0 Å². The Hall–Kier alpha value is -1.07. The Bertz CT molecular complexity index is 364. The fraction of sp³-hybridized carbons (Fsp3) is 0.455. The van der Waals surface area contributed by atoms with Crippen molar-refractivity contribution in [2.24, 2.45) is 0 Å². The van der Waals surface area contributed by atoms with E-state index in [0.29, 0.717) is 5.75 Å². The van der Waals surface area contributed by atoms with Gasteiger partial charge in [-0.1, -0.05) is 0 Å². The van der Waals surface area contributed by atoms with Crippen LogP contribution in [0.3, 0.4) is 0 Å². The maximum absolute atomic E-state index is 12.9. The third-order valence-electron chi connectivity index (χ3n) is 2.85. The molecule has 1 saturated carbocycles. The molecule has 2 rings (SSSR count). The summed E-state index contributed by atoms with van der Waals surface area (Å²) in [6.07, 6.45) is 4.31. The molecular weight excluding hydrogens is 210 g/mol. The highest BCUT2D eigenvalue weighted by atomic mass is 19.1. The van der Waals surface area contributed by atoms with Crippen molar-refractivity contribution in [3.8, 4) is 5.75 Å². The summed E-state index contributed by atoms with van der Waals surface area (Å²) in [5.74, 6) is -0.134. The van der Waals surface area contributed by atoms with Crippen LogP contribution in [0.25, 0.3) is 0 Å². The maximum Gasteiger partial charge on any atom is 0.492 e. The van der Waals surface area contributed by atoms with Gasteiger partial charge in [0, 0.05) is 5.46 Å². The molecule has 0 aromatic heterocycles. The van der Waals surface area contributed by atoms with Crippen LogP contribution in [0.15, 0.2) is 18.2 Å². The second-order valence-corrected chi connectivity index (χ2v) is 4.08. The quantitative estimate of drug-likeness (QED) is 0.747. The van der Waals surface area contributed by atoms with Crippen molar-refractivity contribution in [2.75, 3.05) is 0 Å². The van der Waals surface area contributed by atoms with Gasteiger partial charge in [-0.15, -0.1) is 0 Å². The average molecular weight is 224 g/mol. The summed E-state index contributed by atoms with van der Waals surface area (Å²) < 4.78 is 18.6. The summed E-state index contributed by atoms with van der Waals surface area (Å²) in [5.41, 5.74) is 0.0897. The highest BCUT2D eigenvalue weighted by molar-refractivity contribution is 6.59. The third-order valence-corrected chi connectivity index (χ3v) is 2.85. The molecule has 3 nitrogen and oxygen atoms in total. The lowest BCUT2D eigenvalue weighted by Crippen LogP contribution is -2.33. The summed E-state index contributed by atoms with van der Waals surface area (Å²) in [5, 5.41) is 18.2. The fourth-order valence-electron chi connectivity index (χ4n) is 2.01. The Labute approximate surface area is 94.0 Å². The molecule has 0 spiro atoms. The van der Waals surface area contributed by atoms with Crippen molar-refractivity contribution in [2.45, 2.75) is 31.8 Å². The van der Waals surface area contributed by atoms with Crippen LogP contribution >= 0.6 is 0 Å². The predicted octanol–water partition coefficient (Wildman–Crippen LogP) is 0.827. The molecule has 0 unspecified atom stereocenters. The maximum atomic E-state index is 12.9. The fourth-order valence-corrected chi connectivity index (χ4v) is 2.01. The molecule has 1 aliphatic carbocycles. The van der Waals surface area contributed by atoms with Crippen LogP contribution in [-0.4, -0.2) is 23.3 Å². The minimum absolute atomic E-state index is 0.0897. The monoisotopic (exact) mass is 224 g/mol. The van der Waals surface area contributed by atoms with Gasteiger partial charge in [-0.2, -0.15) is 0 Å². The summed E-state index contributed by atoms with van der Waals surface area (Å²) in [4.78, 5) is 0. The average Bonchev–Trinajstić information content (AvgIpc) is 2.73. The first-order chi connectivity index (χ1) is 7.66. The highest BCUT2D eigenvalue weighted by Crippen LogP contribution is 2.23. The van der Waals surface area contributed by atoms with Gasteiger partial charge in [-0.05, 0) is 43.9 Å². The van der Waals surface area contributed by atoms with Crippen molar-refractivity contribution in [1.82, 2.24) is 0 Å². The first-order valence-corrected chi connectivity index (χ1v) is 5.49. The van der Waals surface area contributed by atoms with E-state index in [-0.39, 0.29) is 11.6 Å². The zero-order chi connectivity index (χ0) is 11.5. The van der Waals surface area contributed by atoms with E-state index in [0.717, 1.165) is 31.7 Å². The van der Waals surface area contributed by atoms with Gasteiger partial charge >= 0.3 is 7.12 Å². The molecule has 0 heterocycles. The Morgan fingerprint density at radius 1 is 1.25 bits per heavy atom. The second kappa shape index (κ2) is 4.85. The van der Waals surface area contributed by atoms with E-state index in [9.17, 15) is 4.39 Å². The molecule has 1 aliphatic rings. The van der Waals surface area contributed by atoms with Gasteiger partial charge in [0.25, 0.3) is 0 Å². The first-order valence-electron chi connectivity index (χ1n) is 5.49. The van der Waals surface area contributed by atoms with E-state index in [1.54, 1.807) is 0 Å². The van der Waals surface area contributed by atoms with Crippen LogP contribution in [-0.2, 0) is 0 Å². The molecule has 16 heavy (non-hydrogen) atoms. The standard InChI is InChI=1S/C11H14BFO3/c13-8-5-6-11(10(7-8)12(14)15)16-9-3-1-2-4-9/h5-7,9,14-15H,1-4H2. The Kier molecular flexibility index (Phi) is 3.46. The lowest BCUT2D eigenvalue weighted by molar-refractivity contribution is 0.211. The van der Waals surface area contributed by atoms with Gasteiger partial charge in [-0.3, -0.25) is 0 Å². The number of ether oxygens (including phenoxy) is 1. The first kappa shape index (κ1) is 11.4. The molecule has 0 amide bonds. The molecule has 0 bridgehead atoms. The van der Waals surface area contributed by atoms with Crippen molar-refractivity contribution in [3.05, 3.63) is 24.0 Å². The number of rotatable bonds is 3. The van der Waals surface area contributed by atoms with Gasteiger partial charge < -0.3 is 14.8 Å². The molecule has 2 N–H and O–H groups in total. The Balaban J connectivity index is 2.18. The van der Waals surface area contributed by atoms with Crippen molar-refractivity contribution in [1.29, 1.82) is 0 Å². The smallest absolute Gasteiger partial charge is 0.491 e. The largest absolute Gasteiger partial charge is 0.492 e. The van der Waals surface area contributed by atoms with E-state index in [2.05, 4.69) is 0 Å². The normalized spacial score (nSPS) is 16.4. The summed E-state index contributed by atoms with van der Waals surface area (Å²) in [6, 6.07) is 3.80. The number of hydrogen-bond donors (Lipinski definition) is 2. The molecule has 1 aromatic rings. The highest BCUT2D eigenvalue weighted by Gasteiger charge is 2.22. The molecule has 86 valence electrons. The van der Waals surface area contributed by atoms with Crippen molar-refractivity contribution in [3.63, 3.8) is 0 Å². The van der Waals surface area contributed by atoms with Crippen molar-refractivity contribution < 1.29 is 19.2 Å². The molecular formula is C11H14BFO3. The second-order valence-electron chi connectivity index (χ2n) is 4.08. The third kappa shape index (κ3) is 2.54. The predicted molar refractivity (Wildman–Crippen MR) is 59.1 cm³/mol. The minimum atomic E-state index is -1.70. The van der Waals surface area contributed by atoms with E-state index in [1.165, 1.54) is 12.1 Å². The molecule has 0 aliphatic heterocycles. The van der Waals surface area contributed by atoms with Crippen LogP contribution in [0.5, 0.6) is 5.75 Å². The minimum Gasteiger partial charge on any atom is -0.491 e. The van der Waals surface area contributed by atoms with Gasteiger partial charge in [0.1, 0.15) is 11.6 Å². The van der Waals surface area contributed by atoms with E-state index < -0.39 is 12.9 Å².